The topological polar surface area (TPSA) is 24.9 Å². The van der Waals surface area contributed by atoms with E-state index in [0.717, 1.165) is 6.42 Å². The first kappa shape index (κ1) is 10.2. The Morgan fingerprint density at radius 1 is 1.31 bits per heavy atom. The predicted octanol–water partition coefficient (Wildman–Crippen LogP) is 2.53. The second-order valence-electron chi connectivity index (χ2n) is 3.48. The quantitative estimate of drug-likeness (QED) is 0.766. The van der Waals surface area contributed by atoms with E-state index in [9.17, 15) is 0 Å². The molecule has 0 saturated heterocycles. The fraction of sp³-hybridized carbons (Fsp3) is 0.545. The minimum absolute atomic E-state index is 0.415. The number of nitrogens with one attached hydrogen (secondary N) is 1. The lowest BCUT2D eigenvalue weighted by molar-refractivity contribution is 0.469. The van der Waals surface area contributed by atoms with Crippen LogP contribution in [0.1, 0.15) is 38.8 Å². The molecule has 0 unspecified atom stereocenters. The zero-order chi connectivity index (χ0) is 9.68. The molecule has 1 aromatic heterocycles. The summed E-state index contributed by atoms with van der Waals surface area (Å²) in [5, 5.41) is 3.52. The van der Waals surface area contributed by atoms with Crippen LogP contribution < -0.4 is 5.32 Å². The lowest BCUT2D eigenvalue weighted by Crippen LogP contribution is -2.28. The Kier molecular flexibility index (Phi) is 3.90. The minimum Gasteiger partial charge on any atom is -0.308 e. The van der Waals surface area contributed by atoms with Gasteiger partial charge in [0.1, 0.15) is 0 Å². The van der Waals surface area contributed by atoms with Gasteiger partial charge in [0.2, 0.25) is 0 Å². The van der Waals surface area contributed by atoms with E-state index in [4.69, 9.17) is 0 Å². The van der Waals surface area contributed by atoms with Crippen molar-refractivity contribution in [3.63, 3.8) is 0 Å². The third-order valence-electron chi connectivity index (χ3n) is 2.35. The first-order valence-electron chi connectivity index (χ1n) is 4.90. The number of nitrogens with zero attached hydrogens (tertiary/aromatic N) is 1. The molecule has 2 nitrogen and oxygen atoms in total. The van der Waals surface area contributed by atoms with Crippen LogP contribution in [0.4, 0.5) is 0 Å². The summed E-state index contributed by atoms with van der Waals surface area (Å²) in [7, 11) is 0. The fourth-order valence-electron chi connectivity index (χ4n) is 1.29. The van der Waals surface area contributed by atoms with Crippen LogP contribution in [-0.2, 0) is 0 Å². The third-order valence-corrected chi connectivity index (χ3v) is 2.35. The van der Waals surface area contributed by atoms with Gasteiger partial charge in [0.25, 0.3) is 0 Å². The Bertz CT molecular complexity index is 233. The molecular formula is C11H18N2. The summed E-state index contributed by atoms with van der Waals surface area (Å²) >= 11 is 0. The number of pyridine rings is 1. The van der Waals surface area contributed by atoms with Crippen molar-refractivity contribution in [3.05, 3.63) is 30.1 Å². The monoisotopic (exact) mass is 178 g/mol. The summed E-state index contributed by atoms with van der Waals surface area (Å²) < 4.78 is 0. The van der Waals surface area contributed by atoms with Crippen LogP contribution in [0, 0.1) is 0 Å². The van der Waals surface area contributed by atoms with Gasteiger partial charge in [0.15, 0.2) is 0 Å². The van der Waals surface area contributed by atoms with E-state index in [-0.39, 0.29) is 0 Å². The first-order chi connectivity index (χ1) is 6.24. The molecule has 72 valence electrons. The van der Waals surface area contributed by atoms with Crippen molar-refractivity contribution >= 4 is 0 Å². The van der Waals surface area contributed by atoms with Gasteiger partial charge in [-0.25, -0.2) is 0 Å². The molecule has 1 N–H and O–H groups in total. The molecular weight excluding hydrogens is 160 g/mol. The van der Waals surface area contributed by atoms with E-state index in [1.807, 2.05) is 12.4 Å². The van der Waals surface area contributed by atoms with Gasteiger partial charge in [-0.1, -0.05) is 6.92 Å². The van der Waals surface area contributed by atoms with Crippen molar-refractivity contribution in [3.8, 4) is 0 Å². The molecule has 0 aliphatic rings. The van der Waals surface area contributed by atoms with Crippen molar-refractivity contribution in [1.29, 1.82) is 0 Å². The molecule has 0 bridgehead atoms. The van der Waals surface area contributed by atoms with Crippen molar-refractivity contribution in [1.82, 2.24) is 10.3 Å². The number of aromatic nitrogens is 1. The Morgan fingerprint density at radius 2 is 1.92 bits per heavy atom. The van der Waals surface area contributed by atoms with E-state index in [2.05, 4.69) is 43.2 Å². The summed E-state index contributed by atoms with van der Waals surface area (Å²) in [4.78, 5) is 4.00. The van der Waals surface area contributed by atoms with Gasteiger partial charge in [-0.05, 0) is 38.0 Å². The van der Waals surface area contributed by atoms with Crippen molar-refractivity contribution in [2.24, 2.45) is 0 Å². The molecule has 0 fully saturated rings. The van der Waals surface area contributed by atoms with Gasteiger partial charge < -0.3 is 5.32 Å². The van der Waals surface area contributed by atoms with Crippen LogP contribution in [0.3, 0.4) is 0 Å². The molecule has 1 heterocycles. The summed E-state index contributed by atoms with van der Waals surface area (Å²) in [5.41, 5.74) is 1.30. The van der Waals surface area contributed by atoms with E-state index in [1.54, 1.807) is 0 Å². The molecule has 0 aliphatic heterocycles. The van der Waals surface area contributed by atoms with Crippen LogP contribution in [0.5, 0.6) is 0 Å². The van der Waals surface area contributed by atoms with E-state index in [0.29, 0.717) is 12.1 Å². The summed E-state index contributed by atoms with van der Waals surface area (Å²) in [6.07, 6.45) is 4.84. The molecule has 0 spiro atoms. The van der Waals surface area contributed by atoms with Gasteiger partial charge in [-0.2, -0.15) is 0 Å². The maximum atomic E-state index is 4.00. The van der Waals surface area contributed by atoms with E-state index < -0.39 is 0 Å². The molecule has 13 heavy (non-hydrogen) atoms. The normalized spacial score (nSPS) is 15.3. The Hall–Kier alpha value is -0.890. The zero-order valence-corrected chi connectivity index (χ0v) is 8.62. The summed E-state index contributed by atoms with van der Waals surface area (Å²) in [6.45, 7) is 6.58. The smallest absolute Gasteiger partial charge is 0.0295 e. The molecule has 2 heteroatoms. The molecule has 2 atom stereocenters. The number of hydrogen-bond acceptors (Lipinski definition) is 2. The highest BCUT2D eigenvalue weighted by atomic mass is 14.9. The highest BCUT2D eigenvalue weighted by molar-refractivity contribution is 5.13. The van der Waals surface area contributed by atoms with Crippen LogP contribution in [-0.4, -0.2) is 11.0 Å². The van der Waals surface area contributed by atoms with Crippen LogP contribution >= 0.6 is 0 Å². The Labute approximate surface area is 80.4 Å². The fourth-order valence-corrected chi connectivity index (χ4v) is 1.29. The van der Waals surface area contributed by atoms with Crippen molar-refractivity contribution in [2.45, 2.75) is 39.3 Å². The Balaban J connectivity index is 2.53. The molecule has 0 amide bonds. The highest BCUT2D eigenvalue weighted by Crippen LogP contribution is 2.11. The maximum absolute atomic E-state index is 4.00. The minimum atomic E-state index is 0.415. The van der Waals surface area contributed by atoms with Crippen LogP contribution in [0.25, 0.3) is 0 Å². The molecule has 0 radical (unpaired) electrons. The standard InChI is InChI=1S/C11H18N2/c1-4-9(2)13-10(3)11-5-7-12-8-6-11/h5-10,13H,4H2,1-3H3/t9-,10+/m0/s1. The predicted molar refractivity (Wildman–Crippen MR) is 55.5 cm³/mol. The van der Waals surface area contributed by atoms with Crippen molar-refractivity contribution < 1.29 is 0 Å². The Morgan fingerprint density at radius 3 is 2.46 bits per heavy atom. The van der Waals surface area contributed by atoms with Gasteiger partial charge in [0.05, 0.1) is 0 Å². The summed E-state index contributed by atoms with van der Waals surface area (Å²) in [5.74, 6) is 0. The SMILES string of the molecule is CC[C@H](C)N[C@H](C)c1ccncc1. The molecule has 0 aromatic carbocycles. The van der Waals surface area contributed by atoms with Gasteiger partial charge in [0, 0.05) is 24.5 Å². The van der Waals surface area contributed by atoms with E-state index >= 15 is 0 Å². The molecule has 0 aliphatic carbocycles. The van der Waals surface area contributed by atoms with Crippen LogP contribution in [0.15, 0.2) is 24.5 Å². The average Bonchev–Trinajstić information content (AvgIpc) is 2.19. The maximum Gasteiger partial charge on any atom is 0.0295 e. The highest BCUT2D eigenvalue weighted by Gasteiger charge is 2.06. The second-order valence-corrected chi connectivity index (χ2v) is 3.48. The lowest BCUT2D eigenvalue weighted by atomic mass is 10.1. The molecule has 0 saturated carbocycles. The van der Waals surface area contributed by atoms with Crippen LogP contribution in [0.2, 0.25) is 0 Å². The lowest BCUT2D eigenvalue weighted by Gasteiger charge is -2.18. The largest absolute Gasteiger partial charge is 0.308 e. The third kappa shape index (κ3) is 3.15. The molecule has 1 aromatic rings. The summed E-state index contributed by atoms with van der Waals surface area (Å²) in [6, 6.07) is 5.10. The second kappa shape index (κ2) is 4.97. The average molecular weight is 178 g/mol. The van der Waals surface area contributed by atoms with E-state index in [1.165, 1.54) is 5.56 Å². The van der Waals surface area contributed by atoms with Crippen molar-refractivity contribution in [2.75, 3.05) is 0 Å². The van der Waals surface area contributed by atoms with Gasteiger partial charge in [-0.3, -0.25) is 4.98 Å². The van der Waals surface area contributed by atoms with Gasteiger partial charge >= 0.3 is 0 Å². The number of rotatable bonds is 4. The first-order valence-corrected chi connectivity index (χ1v) is 4.90. The number of hydrogen-bond donors (Lipinski definition) is 1. The van der Waals surface area contributed by atoms with Gasteiger partial charge in [-0.15, -0.1) is 0 Å². The molecule has 1 rings (SSSR count). The zero-order valence-electron chi connectivity index (χ0n) is 8.62.